The van der Waals surface area contributed by atoms with Gasteiger partial charge in [0.05, 0.1) is 0 Å². The maximum absolute atomic E-state index is 5.91. The van der Waals surface area contributed by atoms with E-state index < -0.39 is 16.6 Å². The van der Waals surface area contributed by atoms with Gasteiger partial charge in [-0.3, -0.25) is 0 Å². The molecule has 0 spiro atoms. The lowest BCUT2D eigenvalue weighted by molar-refractivity contribution is 0.506. The highest BCUT2D eigenvalue weighted by molar-refractivity contribution is 6.80. The van der Waals surface area contributed by atoms with Gasteiger partial charge in [0.25, 0.3) is 0 Å². The van der Waals surface area contributed by atoms with Crippen LogP contribution in [0.4, 0.5) is 11.6 Å². The minimum atomic E-state index is -1.74. The second kappa shape index (κ2) is 6.17. The van der Waals surface area contributed by atoms with Crippen molar-refractivity contribution in [3.63, 3.8) is 0 Å². The SMILES string of the molecule is C[Si](C)(C)Oc1ncnc(N(c2ccccc2)[Si](C)(C)C)n1. The van der Waals surface area contributed by atoms with Gasteiger partial charge in [0.1, 0.15) is 6.33 Å². The first-order valence-electron chi connectivity index (χ1n) is 7.40. The van der Waals surface area contributed by atoms with Crippen LogP contribution in [0.5, 0.6) is 6.01 Å². The molecular weight excluding hydrogens is 308 g/mol. The standard InChI is InChI=1S/C15H24N4OSi2/c1-21(2,3)19(13-10-8-7-9-11-13)14-16-12-17-15(18-14)20-22(4,5)6/h7-12H,1-6H3. The third-order valence-electron chi connectivity index (χ3n) is 2.82. The van der Waals surface area contributed by atoms with Crippen LogP contribution in [0.15, 0.2) is 36.7 Å². The zero-order chi connectivity index (χ0) is 16.4. The van der Waals surface area contributed by atoms with E-state index in [1.807, 2.05) is 18.2 Å². The summed E-state index contributed by atoms with van der Waals surface area (Å²) < 4.78 is 8.13. The van der Waals surface area contributed by atoms with E-state index in [4.69, 9.17) is 4.43 Å². The van der Waals surface area contributed by atoms with Crippen LogP contribution >= 0.6 is 0 Å². The van der Waals surface area contributed by atoms with Crippen molar-refractivity contribution in [3.8, 4) is 6.01 Å². The quantitative estimate of drug-likeness (QED) is 0.773. The summed E-state index contributed by atoms with van der Waals surface area (Å²) in [5.74, 6) is 0.661. The third kappa shape index (κ3) is 4.38. The summed E-state index contributed by atoms with van der Waals surface area (Å²) in [6.07, 6.45) is 1.54. The number of anilines is 2. The molecule has 0 N–H and O–H groups in total. The molecule has 0 radical (unpaired) electrons. The molecule has 0 aliphatic heterocycles. The molecule has 2 aromatic rings. The summed E-state index contributed by atoms with van der Waals surface area (Å²) in [6.45, 7) is 13.1. The average molecular weight is 333 g/mol. The fourth-order valence-electron chi connectivity index (χ4n) is 2.08. The number of aromatic nitrogens is 3. The van der Waals surface area contributed by atoms with Crippen LogP contribution in [-0.2, 0) is 0 Å². The monoisotopic (exact) mass is 332 g/mol. The third-order valence-corrected chi connectivity index (χ3v) is 5.41. The Labute approximate surface area is 134 Å². The van der Waals surface area contributed by atoms with Gasteiger partial charge in [-0.15, -0.1) is 0 Å². The van der Waals surface area contributed by atoms with Gasteiger partial charge in [-0.2, -0.15) is 9.97 Å². The minimum Gasteiger partial charge on any atom is -0.518 e. The lowest BCUT2D eigenvalue weighted by atomic mass is 10.3. The van der Waals surface area contributed by atoms with Crippen molar-refractivity contribution in [2.75, 3.05) is 4.57 Å². The summed E-state index contributed by atoms with van der Waals surface area (Å²) in [7, 11) is -3.45. The van der Waals surface area contributed by atoms with Gasteiger partial charge in [-0.05, 0) is 31.8 Å². The predicted molar refractivity (Wildman–Crippen MR) is 95.7 cm³/mol. The average Bonchev–Trinajstić information content (AvgIpc) is 2.37. The molecule has 118 valence electrons. The molecule has 0 amide bonds. The Hall–Kier alpha value is -1.74. The van der Waals surface area contributed by atoms with Gasteiger partial charge in [-0.25, -0.2) is 4.98 Å². The Balaban J connectivity index is 2.43. The zero-order valence-electron chi connectivity index (χ0n) is 14.2. The second-order valence-electron chi connectivity index (χ2n) is 7.12. The first kappa shape index (κ1) is 16.6. The molecule has 7 heteroatoms. The molecule has 22 heavy (non-hydrogen) atoms. The van der Waals surface area contributed by atoms with Crippen molar-refractivity contribution in [2.45, 2.75) is 39.3 Å². The van der Waals surface area contributed by atoms with E-state index in [9.17, 15) is 0 Å². The Bertz CT molecular complexity index is 623. The van der Waals surface area contributed by atoms with E-state index in [-0.39, 0.29) is 0 Å². The lowest BCUT2D eigenvalue weighted by Crippen LogP contribution is -2.43. The van der Waals surface area contributed by atoms with E-state index in [2.05, 4.69) is 70.9 Å². The van der Waals surface area contributed by atoms with Crippen molar-refractivity contribution in [2.24, 2.45) is 0 Å². The number of hydrogen-bond acceptors (Lipinski definition) is 5. The lowest BCUT2D eigenvalue weighted by Gasteiger charge is -2.34. The first-order chi connectivity index (χ1) is 10.2. The highest BCUT2D eigenvalue weighted by atomic mass is 28.4. The van der Waals surface area contributed by atoms with E-state index >= 15 is 0 Å². The summed E-state index contributed by atoms with van der Waals surface area (Å²) in [6, 6.07) is 10.7. The summed E-state index contributed by atoms with van der Waals surface area (Å²) in [5, 5.41) is 0. The smallest absolute Gasteiger partial charge is 0.307 e. The molecule has 0 aliphatic carbocycles. The molecule has 0 unspecified atom stereocenters. The number of para-hydroxylation sites is 1. The van der Waals surface area contributed by atoms with Gasteiger partial charge < -0.3 is 8.99 Å². The predicted octanol–water partition coefficient (Wildman–Crippen LogP) is 4.06. The van der Waals surface area contributed by atoms with Crippen LogP contribution in [0.2, 0.25) is 39.3 Å². The van der Waals surface area contributed by atoms with Crippen molar-refractivity contribution in [3.05, 3.63) is 36.7 Å². The fraction of sp³-hybridized carbons (Fsp3) is 0.400. The van der Waals surface area contributed by atoms with Gasteiger partial charge in [-0.1, -0.05) is 37.8 Å². The van der Waals surface area contributed by atoms with Crippen LogP contribution in [-0.4, -0.2) is 31.5 Å². The van der Waals surface area contributed by atoms with Crippen LogP contribution in [0.1, 0.15) is 0 Å². The fourth-order valence-corrected chi connectivity index (χ4v) is 4.36. The highest BCUT2D eigenvalue weighted by Crippen LogP contribution is 2.29. The Morgan fingerprint density at radius 2 is 1.55 bits per heavy atom. The number of hydrogen-bond donors (Lipinski definition) is 0. The maximum atomic E-state index is 5.91. The molecule has 0 saturated carbocycles. The Kier molecular flexibility index (Phi) is 4.67. The Morgan fingerprint density at radius 1 is 0.909 bits per heavy atom. The number of nitrogens with zero attached hydrogens (tertiary/aromatic N) is 4. The van der Waals surface area contributed by atoms with E-state index in [0.717, 1.165) is 5.69 Å². The second-order valence-corrected chi connectivity index (χ2v) is 16.3. The molecule has 1 heterocycles. The van der Waals surface area contributed by atoms with Crippen molar-refractivity contribution in [1.29, 1.82) is 0 Å². The molecule has 5 nitrogen and oxygen atoms in total. The van der Waals surface area contributed by atoms with Crippen LogP contribution in [0, 0.1) is 0 Å². The minimum absolute atomic E-state index is 0.420. The van der Waals surface area contributed by atoms with Gasteiger partial charge in [0.2, 0.25) is 14.3 Å². The molecular formula is C15H24N4OSi2. The summed E-state index contributed by atoms with van der Waals surface area (Å²) >= 11 is 0. The molecule has 2 rings (SSSR count). The van der Waals surface area contributed by atoms with Crippen molar-refractivity contribution in [1.82, 2.24) is 15.0 Å². The molecule has 0 atom stereocenters. The largest absolute Gasteiger partial charge is 0.518 e. The number of rotatable bonds is 5. The van der Waals surface area contributed by atoms with E-state index in [1.54, 1.807) is 0 Å². The molecule has 1 aromatic carbocycles. The zero-order valence-corrected chi connectivity index (χ0v) is 16.2. The molecule has 1 aromatic heterocycles. The van der Waals surface area contributed by atoms with Crippen LogP contribution in [0.25, 0.3) is 0 Å². The van der Waals surface area contributed by atoms with Gasteiger partial charge >= 0.3 is 6.01 Å². The van der Waals surface area contributed by atoms with Gasteiger partial charge in [0.15, 0.2) is 8.24 Å². The first-order valence-corrected chi connectivity index (χ1v) is 14.3. The highest BCUT2D eigenvalue weighted by Gasteiger charge is 2.29. The normalized spacial score (nSPS) is 12.1. The Morgan fingerprint density at radius 3 is 2.09 bits per heavy atom. The summed E-state index contributed by atoms with van der Waals surface area (Å²) in [4.78, 5) is 13.1. The van der Waals surface area contributed by atoms with E-state index in [1.165, 1.54) is 6.33 Å². The van der Waals surface area contributed by atoms with Gasteiger partial charge in [0, 0.05) is 5.69 Å². The van der Waals surface area contributed by atoms with Crippen LogP contribution in [0.3, 0.4) is 0 Å². The number of benzene rings is 1. The molecule has 0 saturated heterocycles. The molecule has 0 aliphatic rings. The molecule has 0 bridgehead atoms. The van der Waals surface area contributed by atoms with Crippen molar-refractivity contribution < 1.29 is 4.43 Å². The van der Waals surface area contributed by atoms with Crippen LogP contribution < -0.4 is 8.99 Å². The summed E-state index contributed by atoms with van der Waals surface area (Å²) in [5.41, 5.74) is 1.10. The molecule has 0 fully saturated rings. The van der Waals surface area contributed by atoms with E-state index in [0.29, 0.717) is 12.0 Å². The maximum Gasteiger partial charge on any atom is 0.307 e. The van der Waals surface area contributed by atoms with Crippen molar-refractivity contribution >= 4 is 28.2 Å². The topological polar surface area (TPSA) is 51.1 Å².